The monoisotopic (exact) mass is 239 g/mol. The molecule has 2 N–H and O–H groups in total. The van der Waals surface area contributed by atoms with E-state index in [1.807, 2.05) is 24.0 Å². The van der Waals surface area contributed by atoms with Gasteiger partial charge in [-0.2, -0.15) is 5.10 Å². The molecule has 1 rings (SSSR count). The summed E-state index contributed by atoms with van der Waals surface area (Å²) in [5.74, 6) is 0. The van der Waals surface area contributed by atoms with E-state index in [0.717, 1.165) is 5.56 Å². The van der Waals surface area contributed by atoms with Gasteiger partial charge in [-0.1, -0.05) is 20.8 Å². The van der Waals surface area contributed by atoms with Crippen LogP contribution in [0, 0.1) is 12.3 Å². The van der Waals surface area contributed by atoms with Crippen molar-refractivity contribution in [2.75, 3.05) is 6.61 Å². The summed E-state index contributed by atoms with van der Waals surface area (Å²) in [5, 5.41) is 4.33. The van der Waals surface area contributed by atoms with Crippen molar-refractivity contribution in [2.45, 2.75) is 40.2 Å². The Balaban J connectivity index is 2.72. The Labute approximate surface area is 102 Å². The fourth-order valence-electron chi connectivity index (χ4n) is 1.84. The Morgan fingerprint density at radius 2 is 2.24 bits per heavy atom. The molecule has 0 aliphatic heterocycles. The zero-order valence-corrected chi connectivity index (χ0v) is 10.9. The zero-order valence-electron chi connectivity index (χ0n) is 10.9. The van der Waals surface area contributed by atoms with Crippen molar-refractivity contribution < 1.29 is 9.53 Å². The maximum Gasteiger partial charge on any atom is 0.404 e. The fourth-order valence-corrected chi connectivity index (χ4v) is 1.84. The van der Waals surface area contributed by atoms with Crippen molar-refractivity contribution in [1.82, 2.24) is 9.78 Å². The number of primary amides is 1. The van der Waals surface area contributed by atoms with E-state index >= 15 is 0 Å². The average molecular weight is 239 g/mol. The third-order valence-electron chi connectivity index (χ3n) is 2.69. The predicted octanol–water partition coefficient (Wildman–Crippen LogP) is 2.26. The van der Waals surface area contributed by atoms with Crippen LogP contribution in [-0.2, 0) is 4.74 Å². The summed E-state index contributed by atoms with van der Waals surface area (Å²) < 4.78 is 6.72. The number of ether oxygens (including phenoxy) is 1. The lowest BCUT2D eigenvalue weighted by atomic mass is 9.85. The molecule has 1 aromatic heterocycles. The van der Waals surface area contributed by atoms with Gasteiger partial charge in [0.1, 0.15) is 0 Å². The number of aryl methyl sites for hydroxylation is 1. The minimum Gasteiger partial charge on any atom is -0.450 e. The second kappa shape index (κ2) is 5.21. The van der Waals surface area contributed by atoms with Gasteiger partial charge in [-0.05, 0) is 17.9 Å². The summed E-state index contributed by atoms with van der Waals surface area (Å²) in [6.45, 7) is 8.73. The lowest BCUT2D eigenvalue weighted by molar-refractivity contribution is 0.127. The van der Waals surface area contributed by atoms with Crippen LogP contribution in [-0.4, -0.2) is 22.5 Å². The molecule has 0 radical (unpaired) electrons. The van der Waals surface area contributed by atoms with Crippen molar-refractivity contribution in [3.05, 3.63) is 18.0 Å². The second-order valence-corrected chi connectivity index (χ2v) is 5.34. The molecule has 1 heterocycles. The molecule has 1 aromatic rings. The first-order valence-corrected chi connectivity index (χ1v) is 5.73. The first-order valence-electron chi connectivity index (χ1n) is 5.73. The van der Waals surface area contributed by atoms with E-state index in [9.17, 15) is 4.79 Å². The van der Waals surface area contributed by atoms with Gasteiger partial charge in [-0.3, -0.25) is 4.68 Å². The van der Waals surface area contributed by atoms with E-state index in [2.05, 4.69) is 25.9 Å². The van der Waals surface area contributed by atoms with Crippen molar-refractivity contribution >= 4 is 6.09 Å². The van der Waals surface area contributed by atoms with Crippen LogP contribution in [0.15, 0.2) is 12.4 Å². The topological polar surface area (TPSA) is 70.1 Å². The highest BCUT2D eigenvalue weighted by atomic mass is 16.5. The average Bonchev–Trinajstić information content (AvgIpc) is 2.56. The van der Waals surface area contributed by atoms with Gasteiger partial charge in [-0.15, -0.1) is 0 Å². The highest BCUT2D eigenvalue weighted by Crippen LogP contribution is 2.32. The molecule has 1 amide bonds. The highest BCUT2D eigenvalue weighted by molar-refractivity contribution is 5.64. The standard InChI is InChI=1S/C12H21N3O2/c1-9-7-14-15(8-9)10(12(2,3)4)5-6-17-11(13)16/h7-8,10H,5-6H2,1-4H3,(H2,13,16). The zero-order chi connectivity index (χ0) is 13.1. The van der Waals surface area contributed by atoms with Crippen LogP contribution in [0.2, 0.25) is 0 Å². The maximum absolute atomic E-state index is 10.5. The number of hydrogen-bond acceptors (Lipinski definition) is 3. The minimum absolute atomic E-state index is 0.0411. The Morgan fingerprint density at radius 3 is 2.65 bits per heavy atom. The Hall–Kier alpha value is -1.52. The second-order valence-electron chi connectivity index (χ2n) is 5.34. The molecule has 0 aliphatic rings. The number of carbonyl (C=O) groups is 1. The maximum atomic E-state index is 10.5. The van der Waals surface area contributed by atoms with Crippen molar-refractivity contribution in [2.24, 2.45) is 11.1 Å². The van der Waals surface area contributed by atoms with Gasteiger partial charge < -0.3 is 10.5 Å². The number of rotatable bonds is 4. The van der Waals surface area contributed by atoms with Gasteiger partial charge in [0.2, 0.25) is 0 Å². The van der Waals surface area contributed by atoms with Gasteiger partial charge in [0.15, 0.2) is 0 Å². The van der Waals surface area contributed by atoms with E-state index in [4.69, 9.17) is 10.5 Å². The Morgan fingerprint density at radius 1 is 1.59 bits per heavy atom. The minimum atomic E-state index is -0.727. The summed E-state index contributed by atoms with van der Waals surface area (Å²) in [4.78, 5) is 10.5. The summed E-state index contributed by atoms with van der Waals surface area (Å²) in [6, 6.07) is 0.176. The number of hydrogen-bond donors (Lipinski definition) is 1. The number of amides is 1. The van der Waals surface area contributed by atoms with Crippen LogP contribution in [0.4, 0.5) is 4.79 Å². The van der Waals surface area contributed by atoms with Crippen molar-refractivity contribution in [3.8, 4) is 0 Å². The molecule has 17 heavy (non-hydrogen) atoms. The normalized spacial score (nSPS) is 13.4. The molecule has 0 aliphatic carbocycles. The van der Waals surface area contributed by atoms with Gasteiger partial charge in [0, 0.05) is 12.6 Å². The quantitative estimate of drug-likeness (QED) is 0.876. The molecule has 0 saturated heterocycles. The molecule has 0 bridgehead atoms. The molecule has 5 nitrogen and oxygen atoms in total. The molecule has 1 unspecified atom stereocenters. The van der Waals surface area contributed by atoms with E-state index < -0.39 is 6.09 Å². The molecule has 5 heteroatoms. The molecule has 0 saturated carbocycles. The predicted molar refractivity (Wildman–Crippen MR) is 65.6 cm³/mol. The molecule has 1 atom stereocenters. The lowest BCUT2D eigenvalue weighted by Gasteiger charge is -2.30. The molecular formula is C12H21N3O2. The van der Waals surface area contributed by atoms with Crippen LogP contribution in [0.25, 0.3) is 0 Å². The van der Waals surface area contributed by atoms with Gasteiger partial charge >= 0.3 is 6.09 Å². The van der Waals surface area contributed by atoms with Crippen molar-refractivity contribution in [3.63, 3.8) is 0 Å². The number of nitrogens with two attached hydrogens (primary N) is 1. The Bertz CT molecular complexity index is 379. The molecule has 96 valence electrons. The first-order chi connectivity index (χ1) is 7.80. The van der Waals surface area contributed by atoms with Gasteiger partial charge in [0.25, 0.3) is 0 Å². The Kier molecular flexibility index (Phi) is 4.15. The smallest absolute Gasteiger partial charge is 0.404 e. The first kappa shape index (κ1) is 13.5. The highest BCUT2D eigenvalue weighted by Gasteiger charge is 2.26. The number of nitrogens with zero attached hydrogens (tertiary/aromatic N) is 2. The lowest BCUT2D eigenvalue weighted by Crippen LogP contribution is -2.27. The summed E-state index contributed by atoms with van der Waals surface area (Å²) in [5.41, 5.74) is 6.11. The van der Waals surface area contributed by atoms with E-state index in [0.29, 0.717) is 13.0 Å². The van der Waals surface area contributed by atoms with Crippen LogP contribution >= 0.6 is 0 Å². The molecular weight excluding hydrogens is 218 g/mol. The van der Waals surface area contributed by atoms with E-state index in [1.165, 1.54) is 0 Å². The molecule has 0 fully saturated rings. The van der Waals surface area contributed by atoms with Crippen LogP contribution in [0.1, 0.15) is 38.8 Å². The SMILES string of the molecule is Cc1cnn(C(CCOC(N)=O)C(C)(C)C)c1. The van der Waals surface area contributed by atoms with Crippen LogP contribution in [0.5, 0.6) is 0 Å². The van der Waals surface area contributed by atoms with Gasteiger partial charge in [-0.25, -0.2) is 4.79 Å². The van der Waals surface area contributed by atoms with Crippen molar-refractivity contribution in [1.29, 1.82) is 0 Å². The summed E-state index contributed by atoms with van der Waals surface area (Å²) >= 11 is 0. The largest absolute Gasteiger partial charge is 0.450 e. The summed E-state index contributed by atoms with van der Waals surface area (Å²) in [7, 11) is 0. The molecule has 0 aromatic carbocycles. The summed E-state index contributed by atoms with van der Waals surface area (Å²) in [6.07, 6.45) is 3.80. The third kappa shape index (κ3) is 4.09. The van der Waals surface area contributed by atoms with Crippen LogP contribution in [0.3, 0.4) is 0 Å². The van der Waals surface area contributed by atoms with Crippen LogP contribution < -0.4 is 5.73 Å². The number of carbonyl (C=O) groups excluding carboxylic acids is 1. The fraction of sp³-hybridized carbons (Fsp3) is 0.667. The van der Waals surface area contributed by atoms with E-state index in [-0.39, 0.29) is 11.5 Å². The molecule has 0 spiro atoms. The van der Waals surface area contributed by atoms with E-state index in [1.54, 1.807) is 0 Å². The van der Waals surface area contributed by atoms with Gasteiger partial charge in [0.05, 0.1) is 18.8 Å². The number of aromatic nitrogens is 2. The third-order valence-corrected chi connectivity index (χ3v) is 2.69.